The van der Waals surface area contributed by atoms with Crippen LogP contribution in [0.1, 0.15) is 29.0 Å². The largest absolute Gasteiger partial charge is 0.331 e. The summed E-state index contributed by atoms with van der Waals surface area (Å²) in [5.74, 6) is 1.69. The molecule has 0 fully saturated rings. The molecule has 144 valence electrons. The lowest BCUT2D eigenvalue weighted by Crippen LogP contribution is -2.08. The highest BCUT2D eigenvalue weighted by Crippen LogP contribution is 2.28. The summed E-state index contributed by atoms with van der Waals surface area (Å²) in [5.41, 5.74) is 5.60. The van der Waals surface area contributed by atoms with Gasteiger partial charge < -0.3 is 4.57 Å². The van der Waals surface area contributed by atoms with E-state index in [1.54, 1.807) is 6.20 Å². The van der Waals surface area contributed by atoms with Gasteiger partial charge in [0.2, 0.25) is 0 Å². The average Bonchev–Trinajstić information content (AvgIpc) is 3.31. The van der Waals surface area contributed by atoms with Gasteiger partial charge in [-0.2, -0.15) is 5.10 Å². The van der Waals surface area contributed by atoms with E-state index in [2.05, 4.69) is 33.2 Å². The molecule has 29 heavy (non-hydrogen) atoms. The predicted molar refractivity (Wildman–Crippen MR) is 113 cm³/mol. The first-order chi connectivity index (χ1) is 14.1. The van der Waals surface area contributed by atoms with Crippen molar-refractivity contribution in [1.82, 2.24) is 34.1 Å². The van der Waals surface area contributed by atoms with Crippen LogP contribution in [0.25, 0.3) is 27.6 Å². The fourth-order valence-corrected chi connectivity index (χ4v) is 3.86. The second-order valence-corrected chi connectivity index (χ2v) is 7.33. The summed E-state index contributed by atoms with van der Waals surface area (Å²) in [6, 6.07) is 8.12. The van der Waals surface area contributed by atoms with Crippen molar-refractivity contribution in [2.45, 2.75) is 26.2 Å². The standard InChI is InChI=1S/C22H21N7/c1-5-15(11-19-25-21-14(3)24-12-13(2)29(21)27-19)22-26-20-16-7-6-10-23-17(16)8-9-18(20)28(22)4/h5-10,12,15H,1,11H2,2-4H3. The Labute approximate surface area is 167 Å². The van der Waals surface area contributed by atoms with Crippen molar-refractivity contribution in [3.8, 4) is 0 Å². The molecule has 5 rings (SSSR count). The molecule has 0 aliphatic carbocycles. The van der Waals surface area contributed by atoms with E-state index in [1.165, 1.54) is 0 Å². The van der Waals surface area contributed by atoms with Gasteiger partial charge in [-0.15, -0.1) is 6.58 Å². The molecule has 7 nitrogen and oxygen atoms in total. The van der Waals surface area contributed by atoms with Crippen LogP contribution in [0.2, 0.25) is 0 Å². The molecule has 0 bridgehead atoms. The average molecular weight is 383 g/mol. The topological polar surface area (TPSA) is 73.8 Å². The Morgan fingerprint density at radius 2 is 2.00 bits per heavy atom. The third kappa shape index (κ3) is 2.69. The summed E-state index contributed by atoms with van der Waals surface area (Å²) >= 11 is 0. The molecule has 0 saturated carbocycles. The molecule has 0 amide bonds. The Morgan fingerprint density at radius 3 is 2.79 bits per heavy atom. The molecule has 0 saturated heterocycles. The van der Waals surface area contributed by atoms with E-state index < -0.39 is 0 Å². The number of rotatable bonds is 4. The van der Waals surface area contributed by atoms with E-state index in [9.17, 15) is 0 Å². The van der Waals surface area contributed by atoms with Crippen molar-refractivity contribution in [2.75, 3.05) is 0 Å². The maximum Gasteiger partial charge on any atom is 0.177 e. The third-order valence-corrected chi connectivity index (χ3v) is 5.44. The second-order valence-electron chi connectivity index (χ2n) is 7.33. The first-order valence-electron chi connectivity index (χ1n) is 9.57. The van der Waals surface area contributed by atoms with E-state index in [1.807, 2.05) is 49.8 Å². The van der Waals surface area contributed by atoms with Gasteiger partial charge in [0.1, 0.15) is 5.82 Å². The number of imidazole rings is 1. The van der Waals surface area contributed by atoms with E-state index in [-0.39, 0.29) is 5.92 Å². The zero-order valence-corrected chi connectivity index (χ0v) is 16.7. The number of nitrogens with zero attached hydrogens (tertiary/aromatic N) is 7. The van der Waals surface area contributed by atoms with Gasteiger partial charge in [-0.05, 0) is 38.1 Å². The molecule has 5 aromatic rings. The molecule has 0 spiro atoms. The summed E-state index contributed by atoms with van der Waals surface area (Å²) in [6.07, 6.45) is 6.16. The molecule has 1 unspecified atom stereocenters. The van der Waals surface area contributed by atoms with Gasteiger partial charge in [0.05, 0.1) is 27.9 Å². The van der Waals surface area contributed by atoms with Gasteiger partial charge in [-0.3, -0.25) is 9.97 Å². The number of benzene rings is 1. The van der Waals surface area contributed by atoms with Gasteiger partial charge >= 0.3 is 0 Å². The number of allylic oxidation sites excluding steroid dienone is 1. The van der Waals surface area contributed by atoms with Gasteiger partial charge in [0.25, 0.3) is 0 Å². The lowest BCUT2D eigenvalue weighted by molar-refractivity contribution is 0.689. The van der Waals surface area contributed by atoms with Crippen LogP contribution in [0.3, 0.4) is 0 Å². The van der Waals surface area contributed by atoms with Gasteiger partial charge in [0, 0.05) is 37.2 Å². The van der Waals surface area contributed by atoms with Gasteiger partial charge in [0.15, 0.2) is 11.5 Å². The van der Waals surface area contributed by atoms with Gasteiger partial charge in [-0.25, -0.2) is 14.5 Å². The number of aryl methyl sites for hydroxylation is 3. The number of hydrogen-bond donors (Lipinski definition) is 0. The smallest absolute Gasteiger partial charge is 0.177 e. The monoisotopic (exact) mass is 383 g/mol. The fourth-order valence-electron chi connectivity index (χ4n) is 3.86. The van der Waals surface area contributed by atoms with E-state index in [0.717, 1.165) is 50.6 Å². The Balaban J connectivity index is 1.60. The van der Waals surface area contributed by atoms with Crippen LogP contribution in [0.5, 0.6) is 0 Å². The summed E-state index contributed by atoms with van der Waals surface area (Å²) in [4.78, 5) is 18.5. The molecule has 0 N–H and O–H groups in total. The number of fused-ring (bicyclic) bond motifs is 4. The lowest BCUT2D eigenvalue weighted by atomic mass is 10.0. The Kier molecular flexibility index (Phi) is 3.91. The predicted octanol–water partition coefficient (Wildman–Crippen LogP) is 3.69. The molecule has 1 atom stereocenters. The van der Waals surface area contributed by atoms with Crippen molar-refractivity contribution >= 4 is 27.6 Å². The Morgan fingerprint density at radius 1 is 1.14 bits per heavy atom. The summed E-state index contributed by atoms with van der Waals surface area (Å²) in [5, 5.41) is 5.74. The van der Waals surface area contributed by atoms with Crippen LogP contribution in [0.4, 0.5) is 0 Å². The van der Waals surface area contributed by atoms with Crippen molar-refractivity contribution in [1.29, 1.82) is 0 Å². The van der Waals surface area contributed by atoms with Crippen LogP contribution >= 0.6 is 0 Å². The molecular weight excluding hydrogens is 362 g/mol. The zero-order valence-electron chi connectivity index (χ0n) is 16.7. The van der Waals surface area contributed by atoms with Crippen LogP contribution in [0.15, 0.2) is 49.3 Å². The minimum Gasteiger partial charge on any atom is -0.331 e. The lowest BCUT2D eigenvalue weighted by Gasteiger charge is -2.10. The van der Waals surface area contributed by atoms with E-state index >= 15 is 0 Å². The van der Waals surface area contributed by atoms with E-state index in [0.29, 0.717) is 6.42 Å². The highest BCUT2D eigenvalue weighted by Gasteiger charge is 2.20. The van der Waals surface area contributed by atoms with E-state index in [4.69, 9.17) is 15.1 Å². The molecule has 7 heteroatoms. The van der Waals surface area contributed by atoms with Crippen molar-refractivity contribution in [3.63, 3.8) is 0 Å². The maximum absolute atomic E-state index is 4.97. The van der Waals surface area contributed by atoms with Gasteiger partial charge in [-0.1, -0.05) is 6.08 Å². The van der Waals surface area contributed by atoms with Crippen LogP contribution in [0, 0.1) is 13.8 Å². The van der Waals surface area contributed by atoms with Crippen molar-refractivity contribution in [3.05, 3.63) is 72.4 Å². The summed E-state index contributed by atoms with van der Waals surface area (Å²) in [7, 11) is 2.04. The number of pyridine rings is 1. The fraction of sp³-hybridized carbons (Fsp3) is 0.227. The Hall–Kier alpha value is -3.61. The van der Waals surface area contributed by atoms with Crippen LogP contribution in [-0.4, -0.2) is 34.1 Å². The zero-order chi connectivity index (χ0) is 20.1. The third-order valence-electron chi connectivity index (χ3n) is 5.44. The molecule has 0 radical (unpaired) electrons. The first-order valence-corrected chi connectivity index (χ1v) is 9.57. The normalized spacial score (nSPS) is 12.8. The molecule has 0 aliphatic rings. The first kappa shape index (κ1) is 17.5. The molecule has 1 aromatic carbocycles. The van der Waals surface area contributed by atoms with Crippen LogP contribution < -0.4 is 0 Å². The maximum atomic E-state index is 4.97. The van der Waals surface area contributed by atoms with Crippen LogP contribution in [-0.2, 0) is 13.5 Å². The minimum atomic E-state index is -0.00916. The molecule has 4 aromatic heterocycles. The molecule has 4 heterocycles. The quantitative estimate of drug-likeness (QED) is 0.443. The molecular formula is C22H21N7. The second kappa shape index (κ2) is 6.48. The SMILES string of the molecule is C=CC(Cc1nc2c(C)ncc(C)n2n1)c1nc2c3cccnc3ccc2n1C. The van der Waals surface area contributed by atoms with Crippen molar-refractivity contribution < 1.29 is 0 Å². The van der Waals surface area contributed by atoms with Crippen molar-refractivity contribution in [2.24, 2.45) is 7.05 Å². The molecule has 0 aliphatic heterocycles. The Bertz CT molecular complexity index is 1350. The number of aromatic nitrogens is 7. The summed E-state index contributed by atoms with van der Waals surface area (Å²) < 4.78 is 3.98. The highest BCUT2D eigenvalue weighted by atomic mass is 15.3. The summed E-state index contributed by atoms with van der Waals surface area (Å²) in [6.45, 7) is 7.98. The highest BCUT2D eigenvalue weighted by molar-refractivity contribution is 6.02. The number of hydrogen-bond acceptors (Lipinski definition) is 5. The minimum absolute atomic E-state index is 0.00916.